The van der Waals surface area contributed by atoms with Gasteiger partial charge < -0.3 is 9.84 Å². The number of amides is 1. The summed E-state index contributed by atoms with van der Waals surface area (Å²) in [5, 5.41) is 11.6. The average molecular weight is 435 g/mol. The maximum Gasteiger partial charge on any atom is 0.300 e. The third kappa shape index (κ3) is 3.66. The van der Waals surface area contributed by atoms with Crippen molar-refractivity contribution in [3.8, 4) is 5.75 Å². The predicted octanol–water partition coefficient (Wildman–Crippen LogP) is 4.68. The monoisotopic (exact) mass is 434 g/mol. The van der Waals surface area contributed by atoms with Crippen LogP contribution in [-0.4, -0.2) is 28.9 Å². The molecule has 0 bridgehead atoms. The molecule has 156 valence electrons. The van der Waals surface area contributed by atoms with Crippen LogP contribution in [0.4, 0.5) is 5.69 Å². The van der Waals surface area contributed by atoms with E-state index in [0.29, 0.717) is 27.6 Å². The normalized spacial score (nSPS) is 17.8. The van der Waals surface area contributed by atoms with E-state index in [-0.39, 0.29) is 11.3 Å². The molecule has 3 aromatic rings. The van der Waals surface area contributed by atoms with E-state index in [2.05, 4.69) is 4.98 Å². The first-order chi connectivity index (χ1) is 14.9. The van der Waals surface area contributed by atoms with Gasteiger partial charge >= 0.3 is 0 Å². The largest absolute Gasteiger partial charge is 0.507 e. The molecule has 2 heterocycles. The second-order valence-corrected chi connectivity index (χ2v) is 7.55. The fourth-order valence-electron chi connectivity index (χ4n) is 3.70. The van der Waals surface area contributed by atoms with Crippen molar-refractivity contribution in [1.82, 2.24) is 4.98 Å². The number of anilines is 1. The number of hydrogen-bond donors (Lipinski definition) is 1. The number of ether oxygens (including phenoxy) is 1. The van der Waals surface area contributed by atoms with Crippen molar-refractivity contribution in [3.63, 3.8) is 0 Å². The van der Waals surface area contributed by atoms with E-state index in [4.69, 9.17) is 16.3 Å². The zero-order valence-electron chi connectivity index (χ0n) is 16.9. The second-order valence-electron chi connectivity index (χ2n) is 7.12. The molecular weight excluding hydrogens is 416 g/mol. The summed E-state index contributed by atoms with van der Waals surface area (Å²) >= 11 is 6.19. The fourth-order valence-corrected chi connectivity index (χ4v) is 3.87. The Morgan fingerprint density at radius 1 is 1.13 bits per heavy atom. The second kappa shape index (κ2) is 8.24. The van der Waals surface area contributed by atoms with Gasteiger partial charge in [0, 0.05) is 28.7 Å². The third-order valence-corrected chi connectivity index (χ3v) is 5.45. The van der Waals surface area contributed by atoms with Crippen molar-refractivity contribution in [2.45, 2.75) is 13.0 Å². The summed E-state index contributed by atoms with van der Waals surface area (Å²) in [4.78, 5) is 31.8. The van der Waals surface area contributed by atoms with Crippen LogP contribution < -0.4 is 9.64 Å². The quantitative estimate of drug-likeness (QED) is 0.366. The topological polar surface area (TPSA) is 79.7 Å². The molecular formula is C24H19ClN2O4. The third-order valence-electron chi connectivity index (χ3n) is 5.22. The molecule has 1 amide bonds. The van der Waals surface area contributed by atoms with Crippen LogP contribution in [0.25, 0.3) is 5.76 Å². The number of pyridine rings is 1. The SMILES string of the molecule is COc1cccc(/C(O)=C2\C(=O)C(=O)N(c3cc(Cl)ccc3C)C2c2cccnc2)c1. The molecule has 0 radical (unpaired) electrons. The number of benzene rings is 2. The number of methoxy groups -OCH3 is 1. The van der Waals surface area contributed by atoms with Crippen molar-refractivity contribution < 1.29 is 19.4 Å². The lowest BCUT2D eigenvalue weighted by Crippen LogP contribution is -2.30. The maximum atomic E-state index is 13.2. The molecule has 2 aromatic carbocycles. The van der Waals surface area contributed by atoms with E-state index in [1.165, 1.54) is 12.0 Å². The molecule has 1 aliphatic heterocycles. The highest BCUT2D eigenvalue weighted by Crippen LogP contribution is 2.43. The van der Waals surface area contributed by atoms with Gasteiger partial charge in [-0.1, -0.05) is 35.9 Å². The number of rotatable bonds is 4. The van der Waals surface area contributed by atoms with Crippen LogP contribution in [-0.2, 0) is 9.59 Å². The highest BCUT2D eigenvalue weighted by Gasteiger charge is 2.47. The van der Waals surface area contributed by atoms with E-state index in [0.717, 1.165) is 5.56 Å². The zero-order valence-corrected chi connectivity index (χ0v) is 17.6. The number of Topliss-reactive ketones (excluding diaryl/α,β-unsaturated/α-hetero) is 1. The van der Waals surface area contributed by atoms with Gasteiger partial charge in [0.1, 0.15) is 11.5 Å². The van der Waals surface area contributed by atoms with Crippen LogP contribution in [0.3, 0.4) is 0 Å². The summed E-state index contributed by atoms with van der Waals surface area (Å²) in [5.74, 6) is -1.30. The molecule has 1 aliphatic rings. The van der Waals surface area contributed by atoms with E-state index < -0.39 is 17.7 Å². The van der Waals surface area contributed by atoms with Gasteiger partial charge in [-0.05, 0) is 48.4 Å². The lowest BCUT2D eigenvalue weighted by atomic mass is 9.96. The van der Waals surface area contributed by atoms with Crippen LogP contribution in [0.15, 0.2) is 72.6 Å². The average Bonchev–Trinajstić information content (AvgIpc) is 3.06. The number of aliphatic hydroxyl groups is 1. The molecule has 0 saturated carbocycles. The van der Waals surface area contributed by atoms with Gasteiger partial charge in [0.25, 0.3) is 11.7 Å². The Labute approximate surface area is 184 Å². The number of hydrogen-bond acceptors (Lipinski definition) is 5. The Balaban J connectivity index is 1.97. The van der Waals surface area contributed by atoms with Crippen LogP contribution in [0, 0.1) is 6.92 Å². The lowest BCUT2D eigenvalue weighted by molar-refractivity contribution is -0.132. The van der Waals surface area contributed by atoms with Crippen LogP contribution >= 0.6 is 11.6 Å². The van der Waals surface area contributed by atoms with Gasteiger partial charge in [0.05, 0.1) is 18.7 Å². The molecule has 1 saturated heterocycles. The van der Waals surface area contributed by atoms with E-state index in [1.54, 1.807) is 67.0 Å². The van der Waals surface area contributed by atoms with Crippen molar-refractivity contribution in [2.24, 2.45) is 0 Å². The standard InChI is InChI=1S/C24H19ClN2O4/c1-14-8-9-17(25)12-19(14)27-21(16-6-4-10-26-13-16)20(23(29)24(27)30)22(28)15-5-3-7-18(11-15)31-2/h3-13,21,28H,1-2H3/b22-20+. The Hall–Kier alpha value is -3.64. The van der Waals surface area contributed by atoms with Gasteiger partial charge in [-0.3, -0.25) is 19.5 Å². The van der Waals surface area contributed by atoms with Crippen LogP contribution in [0.2, 0.25) is 5.02 Å². The van der Waals surface area contributed by atoms with Crippen molar-refractivity contribution in [3.05, 3.63) is 94.3 Å². The zero-order chi connectivity index (χ0) is 22.1. The van der Waals surface area contributed by atoms with Crippen LogP contribution in [0.5, 0.6) is 5.75 Å². The summed E-state index contributed by atoms with van der Waals surface area (Å²) in [5.41, 5.74) is 2.19. The summed E-state index contributed by atoms with van der Waals surface area (Å²) in [6.07, 6.45) is 3.17. The Bertz CT molecular complexity index is 1210. The molecule has 0 spiro atoms. The van der Waals surface area contributed by atoms with E-state index >= 15 is 0 Å². The predicted molar refractivity (Wildman–Crippen MR) is 118 cm³/mol. The molecule has 1 atom stereocenters. The Kier molecular flexibility index (Phi) is 5.48. The van der Waals surface area contributed by atoms with Crippen molar-refractivity contribution in [2.75, 3.05) is 12.0 Å². The number of ketones is 1. The summed E-state index contributed by atoms with van der Waals surface area (Å²) < 4.78 is 5.23. The number of carbonyl (C=O) groups is 2. The highest BCUT2D eigenvalue weighted by atomic mass is 35.5. The van der Waals surface area contributed by atoms with E-state index in [9.17, 15) is 14.7 Å². The minimum atomic E-state index is -0.864. The number of aromatic nitrogens is 1. The number of halogens is 1. The fraction of sp³-hybridized carbons (Fsp3) is 0.125. The molecule has 4 rings (SSSR count). The van der Waals surface area contributed by atoms with Gasteiger partial charge in [0.15, 0.2) is 0 Å². The van der Waals surface area contributed by atoms with Gasteiger partial charge in [-0.15, -0.1) is 0 Å². The van der Waals surface area contributed by atoms with E-state index in [1.807, 2.05) is 6.92 Å². The molecule has 1 N–H and O–H groups in total. The van der Waals surface area contributed by atoms with Gasteiger partial charge in [-0.25, -0.2) is 0 Å². The Morgan fingerprint density at radius 2 is 1.94 bits per heavy atom. The minimum absolute atomic E-state index is 0.0226. The summed E-state index contributed by atoms with van der Waals surface area (Å²) in [7, 11) is 1.51. The van der Waals surface area contributed by atoms with Gasteiger partial charge in [-0.2, -0.15) is 0 Å². The van der Waals surface area contributed by atoms with Crippen molar-refractivity contribution in [1.29, 1.82) is 0 Å². The smallest absolute Gasteiger partial charge is 0.300 e. The lowest BCUT2D eigenvalue weighted by Gasteiger charge is -2.26. The maximum absolute atomic E-state index is 13.2. The number of aryl methyl sites for hydroxylation is 1. The first kappa shape index (κ1) is 20.6. The number of carbonyl (C=O) groups excluding carboxylic acids is 2. The minimum Gasteiger partial charge on any atom is -0.507 e. The van der Waals surface area contributed by atoms with Gasteiger partial charge in [0.2, 0.25) is 0 Å². The molecule has 1 fully saturated rings. The first-order valence-corrected chi connectivity index (χ1v) is 9.91. The van der Waals surface area contributed by atoms with Crippen LogP contribution in [0.1, 0.15) is 22.7 Å². The molecule has 1 aromatic heterocycles. The molecule has 31 heavy (non-hydrogen) atoms. The highest BCUT2D eigenvalue weighted by molar-refractivity contribution is 6.52. The molecule has 0 aliphatic carbocycles. The number of nitrogens with zero attached hydrogens (tertiary/aromatic N) is 2. The molecule has 6 nitrogen and oxygen atoms in total. The number of aliphatic hydroxyl groups excluding tert-OH is 1. The molecule has 7 heteroatoms. The summed E-state index contributed by atoms with van der Waals surface area (Å²) in [6, 6.07) is 14.4. The summed E-state index contributed by atoms with van der Waals surface area (Å²) in [6.45, 7) is 1.83. The first-order valence-electron chi connectivity index (χ1n) is 9.54. The molecule has 1 unspecified atom stereocenters. The van der Waals surface area contributed by atoms with Crippen molar-refractivity contribution >= 4 is 34.7 Å². The Morgan fingerprint density at radius 3 is 2.65 bits per heavy atom.